The highest BCUT2D eigenvalue weighted by molar-refractivity contribution is 5.86. The average molecular weight is 358 g/mol. The summed E-state index contributed by atoms with van der Waals surface area (Å²) in [4.78, 5) is 25.5. The van der Waals surface area contributed by atoms with Gasteiger partial charge in [0, 0.05) is 11.3 Å². The standard InChI is InChI=1S/C22H30O4/c1-21(2,22-8-11-3-12(9-22)5-13(4-11)10-22)26-20(24)17-14-6-15-16(7-14)25-19(23)18(15)17/h11-18H,3-10H2,1-2H3. The van der Waals surface area contributed by atoms with Crippen LogP contribution < -0.4 is 0 Å². The molecule has 7 aliphatic rings. The Morgan fingerprint density at radius 1 is 1.04 bits per heavy atom. The summed E-state index contributed by atoms with van der Waals surface area (Å²) < 4.78 is 11.8. The Morgan fingerprint density at radius 2 is 1.65 bits per heavy atom. The molecule has 6 aliphatic carbocycles. The van der Waals surface area contributed by atoms with Gasteiger partial charge in [0.2, 0.25) is 0 Å². The molecule has 0 aromatic rings. The Bertz CT molecular complexity index is 642. The van der Waals surface area contributed by atoms with E-state index in [9.17, 15) is 9.59 Å². The molecule has 26 heavy (non-hydrogen) atoms. The minimum absolute atomic E-state index is 0.0812. The monoisotopic (exact) mass is 358 g/mol. The predicted octanol–water partition coefficient (Wildman–Crippen LogP) is 3.72. The van der Waals surface area contributed by atoms with Crippen LogP contribution in [0, 0.1) is 46.8 Å². The van der Waals surface area contributed by atoms with Gasteiger partial charge >= 0.3 is 11.9 Å². The van der Waals surface area contributed by atoms with Crippen molar-refractivity contribution in [2.75, 3.05) is 0 Å². The van der Waals surface area contributed by atoms with Crippen LogP contribution in [0.3, 0.4) is 0 Å². The largest absolute Gasteiger partial charge is 0.462 e. The van der Waals surface area contributed by atoms with Gasteiger partial charge in [-0.25, -0.2) is 0 Å². The lowest BCUT2D eigenvalue weighted by molar-refractivity contribution is -0.204. The molecule has 6 saturated carbocycles. The summed E-state index contributed by atoms with van der Waals surface area (Å²) in [5, 5.41) is 0. The maximum absolute atomic E-state index is 13.2. The second-order valence-electron chi connectivity index (χ2n) is 11.1. The van der Waals surface area contributed by atoms with Crippen LogP contribution in [0.4, 0.5) is 0 Å². The van der Waals surface area contributed by atoms with Crippen molar-refractivity contribution in [1.29, 1.82) is 0 Å². The fourth-order valence-electron chi connectivity index (χ4n) is 8.60. The van der Waals surface area contributed by atoms with Crippen molar-refractivity contribution in [2.24, 2.45) is 46.8 Å². The minimum atomic E-state index is -0.427. The van der Waals surface area contributed by atoms with E-state index in [-0.39, 0.29) is 41.2 Å². The molecule has 0 aromatic carbocycles. The summed E-state index contributed by atoms with van der Waals surface area (Å²) in [5.74, 6) is 2.36. The fourth-order valence-corrected chi connectivity index (χ4v) is 8.60. The molecule has 7 fully saturated rings. The maximum atomic E-state index is 13.2. The maximum Gasteiger partial charge on any atom is 0.310 e. The molecule has 7 rings (SSSR count). The van der Waals surface area contributed by atoms with E-state index < -0.39 is 5.60 Å². The Labute approximate surface area is 155 Å². The number of esters is 2. The van der Waals surface area contributed by atoms with E-state index in [1.807, 2.05) is 0 Å². The molecule has 0 radical (unpaired) electrons. The third-order valence-electron chi connectivity index (χ3n) is 9.43. The van der Waals surface area contributed by atoms with Crippen molar-refractivity contribution in [1.82, 2.24) is 0 Å². The Morgan fingerprint density at radius 3 is 2.27 bits per heavy atom. The molecule has 1 aliphatic heterocycles. The number of carbonyl (C=O) groups excluding carboxylic acids is 2. The van der Waals surface area contributed by atoms with E-state index in [0.29, 0.717) is 5.92 Å². The van der Waals surface area contributed by atoms with E-state index in [0.717, 1.165) is 30.6 Å². The van der Waals surface area contributed by atoms with Crippen molar-refractivity contribution < 1.29 is 19.1 Å². The molecule has 142 valence electrons. The molecule has 4 nitrogen and oxygen atoms in total. The Balaban J connectivity index is 1.25. The lowest BCUT2D eigenvalue weighted by Gasteiger charge is -2.61. The van der Waals surface area contributed by atoms with Gasteiger partial charge in [-0.05, 0) is 88.9 Å². The van der Waals surface area contributed by atoms with Crippen LogP contribution >= 0.6 is 0 Å². The zero-order chi connectivity index (χ0) is 17.8. The van der Waals surface area contributed by atoms with Crippen LogP contribution in [-0.4, -0.2) is 23.6 Å². The average Bonchev–Trinajstić information content (AvgIpc) is 3.14. The molecule has 1 heterocycles. The molecule has 0 N–H and O–H groups in total. The highest BCUT2D eigenvalue weighted by Crippen LogP contribution is 2.65. The molecule has 6 bridgehead atoms. The number of hydrogen-bond donors (Lipinski definition) is 0. The van der Waals surface area contributed by atoms with Crippen molar-refractivity contribution in [3.05, 3.63) is 0 Å². The first-order valence-corrected chi connectivity index (χ1v) is 10.8. The summed E-state index contributed by atoms with van der Waals surface area (Å²) >= 11 is 0. The Hall–Kier alpha value is -1.06. The molecule has 0 aromatic heterocycles. The van der Waals surface area contributed by atoms with E-state index in [4.69, 9.17) is 9.47 Å². The van der Waals surface area contributed by atoms with Gasteiger partial charge < -0.3 is 9.47 Å². The van der Waals surface area contributed by atoms with Gasteiger partial charge in [0.1, 0.15) is 11.7 Å². The molecule has 0 amide bonds. The predicted molar refractivity (Wildman–Crippen MR) is 93.9 cm³/mol. The van der Waals surface area contributed by atoms with Crippen molar-refractivity contribution >= 4 is 11.9 Å². The highest BCUT2D eigenvalue weighted by Gasteiger charge is 2.66. The number of fused-ring (bicyclic) bond motifs is 1. The van der Waals surface area contributed by atoms with Crippen LogP contribution in [0.5, 0.6) is 0 Å². The topological polar surface area (TPSA) is 52.6 Å². The number of carbonyl (C=O) groups is 2. The van der Waals surface area contributed by atoms with Crippen LogP contribution in [0.25, 0.3) is 0 Å². The van der Waals surface area contributed by atoms with Crippen LogP contribution in [-0.2, 0) is 19.1 Å². The zero-order valence-corrected chi connectivity index (χ0v) is 15.9. The van der Waals surface area contributed by atoms with Gasteiger partial charge in [-0.1, -0.05) is 0 Å². The van der Waals surface area contributed by atoms with E-state index in [2.05, 4.69) is 13.8 Å². The van der Waals surface area contributed by atoms with Gasteiger partial charge in [-0.3, -0.25) is 9.59 Å². The first-order valence-electron chi connectivity index (χ1n) is 10.8. The number of rotatable bonds is 3. The van der Waals surface area contributed by atoms with Gasteiger partial charge in [-0.2, -0.15) is 0 Å². The van der Waals surface area contributed by atoms with Crippen LogP contribution in [0.15, 0.2) is 0 Å². The van der Waals surface area contributed by atoms with E-state index in [1.54, 1.807) is 0 Å². The van der Waals surface area contributed by atoms with Crippen molar-refractivity contribution in [2.45, 2.75) is 76.9 Å². The second-order valence-corrected chi connectivity index (χ2v) is 11.1. The fraction of sp³-hybridized carbons (Fsp3) is 0.909. The summed E-state index contributed by atoms with van der Waals surface area (Å²) in [6.45, 7) is 4.31. The van der Waals surface area contributed by atoms with Gasteiger partial charge in [0.05, 0.1) is 11.8 Å². The normalized spacial score (nSPS) is 53.2. The molecule has 5 atom stereocenters. The van der Waals surface area contributed by atoms with Crippen LogP contribution in [0.1, 0.15) is 65.2 Å². The van der Waals surface area contributed by atoms with Gasteiger partial charge in [-0.15, -0.1) is 0 Å². The van der Waals surface area contributed by atoms with Gasteiger partial charge in [0.25, 0.3) is 0 Å². The molecule has 0 spiro atoms. The molecular weight excluding hydrogens is 328 g/mol. The Kier molecular flexibility index (Phi) is 2.98. The zero-order valence-electron chi connectivity index (χ0n) is 15.9. The third-order valence-corrected chi connectivity index (χ3v) is 9.43. The summed E-state index contributed by atoms with van der Waals surface area (Å²) in [6.07, 6.45) is 9.78. The quantitative estimate of drug-likeness (QED) is 0.722. The molecule has 1 saturated heterocycles. The van der Waals surface area contributed by atoms with Gasteiger partial charge in [0.15, 0.2) is 0 Å². The highest BCUT2D eigenvalue weighted by atomic mass is 16.6. The second kappa shape index (κ2) is 4.86. The summed E-state index contributed by atoms with van der Waals surface area (Å²) in [5.41, 5.74) is -0.266. The molecule has 4 heteroatoms. The summed E-state index contributed by atoms with van der Waals surface area (Å²) in [6, 6.07) is 0. The lowest BCUT2D eigenvalue weighted by Crippen LogP contribution is -2.58. The first kappa shape index (κ1) is 15.9. The first-order chi connectivity index (χ1) is 12.4. The van der Waals surface area contributed by atoms with E-state index >= 15 is 0 Å². The lowest BCUT2D eigenvalue weighted by atomic mass is 9.46. The number of ether oxygens (including phenoxy) is 2. The SMILES string of the molecule is CC(C)(OC(=O)C1C2CC3OC(=O)C1C3C2)C12CC3CC(CC(C3)C1)C2. The van der Waals surface area contributed by atoms with Crippen molar-refractivity contribution in [3.8, 4) is 0 Å². The van der Waals surface area contributed by atoms with E-state index in [1.165, 1.54) is 38.5 Å². The van der Waals surface area contributed by atoms with Crippen molar-refractivity contribution in [3.63, 3.8) is 0 Å². The molecular formula is C22H30O4. The summed E-state index contributed by atoms with van der Waals surface area (Å²) in [7, 11) is 0. The minimum Gasteiger partial charge on any atom is -0.462 e. The van der Waals surface area contributed by atoms with Crippen LogP contribution in [0.2, 0.25) is 0 Å². The third kappa shape index (κ3) is 1.91. The smallest absolute Gasteiger partial charge is 0.310 e. The number of hydrogen-bond acceptors (Lipinski definition) is 4. The molecule has 5 unspecified atom stereocenters.